The first-order chi connectivity index (χ1) is 11.0. The largest absolute Gasteiger partial charge is 0.385 e. The van der Waals surface area contributed by atoms with Crippen LogP contribution in [0.3, 0.4) is 0 Å². The van der Waals surface area contributed by atoms with Gasteiger partial charge in [0.2, 0.25) is 5.91 Å². The molecule has 1 spiro atoms. The molecular formula is C17H26N2O4. The van der Waals surface area contributed by atoms with Gasteiger partial charge in [0.25, 0.3) is 0 Å². The highest BCUT2D eigenvalue weighted by molar-refractivity contribution is 5.77. The Morgan fingerprint density at radius 2 is 2.22 bits per heavy atom. The monoisotopic (exact) mass is 322 g/mol. The van der Waals surface area contributed by atoms with Gasteiger partial charge in [-0.15, -0.1) is 0 Å². The van der Waals surface area contributed by atoms with Gasteiger partial charge in [0.05, 0.1) is 25.4 Å². The molecule has 0 aliphatic carbocycles. The molecule has 3 rings (SSSR count). The standard InChI is InChI=1S/C17H26N2O4/c1-12-15(13(2)23-18-12)4-5-16(20)19-10-17(11-19)8-14(9-22-17)6-7-21-3/h14H,4-11H2,1-3H3. The minimum atomic E-state index is -0.0862. The molecule has 6 heteroatoms. The minimum Gasteiger partial charge on any atom is -0.385 e. The quantitative estimate of drug-likeness (QED) is 0.800. The van der Waals surface area contributed by atoms with Gasteiger partial charge in [0.1, 0.15) is 11.4 Å². The maximum atomic E-state index is 12.3. The van der Waals surface area contributed by atoms with E-state index in [-0.39, 0.29) is 11.5 Å². The lowest BCUT2D eigenvalue weighted by Crippen LogP contribution is -2.63. The summed E-state index contributed by atoms with van der Waals surface area (Å²) < 4.78 is 16.3. The molecule has 3 heterocycles. The van der Waals surface area contributed by atoms with Crippen LogP contribution in [-0.4, -0.2) is 55.0 Å². The van der Waals surface area contributed by atoms with Crippen LogP contribution in [0.25, 0.3) is 0 Å². The van der Waals surface area contributed by atoms with Crippen molar-refractivity contribution in [3.63, 3.8) is 0 Å². The first-order valence-electron chi connectivity index (χ1n) is 8.35. The molecule has 2 fully saturated rings. The van der Waals surface area contributed by atoms with Crippen molar-refractivity contribution in [1.82, 2.24) is 10.1 Å². The molecule has 6 nitrogen and oxygen atoms in total. The molecule has 1 aromatic rings. The molecule has 0 bridgehead atoms. The van der Waals surface area contributed by atoms with Crippen molar-refractivity contribution < 1.29 is 18.8 Å². The number of ether oxygens (including phenoxy) is 2. The topological polar surface area (TPSA) is 64.8 Å². The van der Waals surface area contributed by atoms with Crippen molar-refractivity contribution in [2.75, 3.05) is 33.4 Å². The highest BCUT2D eigenvalue weighted by Gasteiger charge is 2.50. The predicted octanol–water partition coefficient (Wildman–Crippen LogP) is 1.88. The smallest absolute Gasteiger partial charge is 0.223 e. The number of amides is 1. The molecule has 23 heavy (non-hydrogen) atoms. The average Bonchev–Trinajstić information content (AvgIpc) is 3.06. The SMILES string of the molecule is COCCC1COC2(C1)CN(C(=O)CCc1c(C)noc1C)C2. The van der Waals surface area contributed by atoms with E-state index in [9.17, 15) is 4.79 Å². The van der Waals surface area contributed by atoms with E-state index in [4.69, 9.17) is 14.0 Å². The van der Waals surface area contributed by atoms with Crippen molar-refractivity contribution >= 4 is 5.91 Å². The Hall–Kier alpha value is -1.40. The Bertz CT molecular complexity index is 543. The third-order valence-electron chi connectivity index (χ3n) is 5.10. The van der Waals surface area contributed by atoms with Gasteiger partial charge < -0.3 is 18.9 Å². The predicted molar refractivity (Wildman–Crippen MR) is 84.2 cm³/mol. The molecule has 0 radical (unpaired) electrons. The van der Waals surface area contributed by atoms with E-state index in [0.29, 0.717) is 18.8 Å². The van der Waals surface area contributed by atoms with Crippen molar-refractivity contribution in [2.45, 2.75) is 45.1 Å². The first kappa shape index (κ1) is 16.5. The number of nitrogens with zero attached hydrogens (tertiary/aromatic N) is 2. The van der Waals surface area contributed by atoms with Crippen molar-refractivity contribution in [3.05, 3.63) is 17.0 Å². The molecule has 1 aromatic heterocycles. The van der Waals surface area contributed by atoms with Crippen LogP contribution in [-0.2, 0) is 20.7 Å². The Kier molecular flexibility index (Phi) is 4.73. The molecule has 128 valence electrons. The van der Waals surface area contributed by atoms with Gasteiger partial charge in [-0.05, 0) is 39.0 Å². The van der Waals surface area contributed by atoms with E-state index < -0.39 is 0 Å². The number of aryl methyl sites for hydroxylation is 2. The van der Waals surface area contributed by atoms with E-state index in [2.05, 4.69) is 5.16 Å². The summed E-state index contributed by atoms with van der Waals surface area (Å²) in [7, 11) is 1.73. The summed E-state index contributed by atoms with van der Waals surface area (Å²) in [6, 6.07) is 0. The van der Waals surface area contributed by atoms with E-state index >= 15 is 0 Å². The van der Waals surface area contributed by atoms with Crippen LogP contribution in [0.2, 0.25) is 0 Å². The van der Waals surface area contributed by atoms with Crippen molar-refractivity contribution in [1.29, 1.82) is 0 Å². The number of likely N-dealkylation sites (tertiary alicyclic amines) is 1. The van der Waals surface area contributed by atoms with Gasteiger partial charge in [-0.25, -0.2) is 0 Å². The number of methoxy groups -OCH3 is 1. The zero-order chi connectivity index (χ0) is 16.4. The molecule has 0 N–H and O–H groups in total. The lowest BCUT2D eigenvalue weighted by Gasteiger charge is -2.47. The van der Waals surface area contributed by atoms with Crippen LogP contribution in [0, 0.1) is 19.8 Å². The first-order valence-corrected chi connectivity index (χ1v) is 8.35. The summed E-state index contributed by atoms with van der Waals surface area (Å²) in [6.07, 6.45) is 3.29. The lowest BCUT2D eigenvalue weighted by molar-refractivity contribution is -0.157. The molecule has 0 saturated carbocycles. The van der Waals surface area contributed by atoms with Gasteiger partial charge in [0, 0.05) is 25.7 Å². The second-order valence-corrected chi connectivity index (χ2v) is 6.90. The zero-order valence-corrected chi connectivity index (χ0v) is 14.3. The average molecular weight is 322 g/mol. The number of hydrogen-bond acceptors (Lipinski definition) is 5. The van der Waals surface area contributed by atoms with E-state index in [1.54, 1.807) is 7.11 Å². The lowest BCUT2D eigenvalue weighted by atomic mass is 9.85. The molecule has 1 unspecified atom stereocenters. The van der Waals surface area contributed by atoms with Crippen molar-refractivity contribution in [2.24, 2.45) is 5.92 Å². The van der Waals surface area contributed by atoms with Crippen LogP contribution in [0.15, 0.2) is 4.52 Å². The maximum Gasteiger partial charge on any atom is 0.223 e. The van der Waals surface area contributed by atoms with E-state index in [0.717, 1.165) is 56.2 Å². The fourth-order valence-electron chi connectivity index (χ4n) is 3.70. The summed E-state index contributed by atoms with van der Waals surface area (Å²) in [5.41, 5.74) is 1.86. The van der Waals surface area contributed by atoms with Crippen molar-refractivity contribution in [3.8, 4) is 0 Å². The van der Waals surface area contributed by atoms with E-state index in [1.165, 1.54) is 0 Å². The third-order valence-corrected chi connectivity index (χ3v) is 5.10. The fraction of sp³-hybridized carbons (Fsp3) is 0.765. The second-order valence-electron chi connectivity index (χ2n) is 6.90. The van der Waals surface area contributed by atoms with Crippen LogP contribution < -0.4 is 0 Å². The molecule has 2 aliphatic rings. The molecule has 1 amide bonds. The molecule has 0 aromatic carbocycles. The van der Waals surface area contributed by atoms with Gasteiger partial charge in [-0.2, -0.15) is 0 Å². The highest BCUT2D eigenvalue weighted by Crippen LogP contribution is 2.39. The summed E-state index contributed by atoms with van der Waals surface area (Å²) in [5.74, 6) is 1.57. The summed E-state index contributed by atoms with van der Waals surface area (Å²) >= 11 is 0. The summed E-state index contributed by atoms with van der Waals surface area (Å²) in [6.45, 7) is 6.86. The third kappa shape index (κ3) is 3.43. The number of carbonyl (C=O) groups is 1. The van der Waals surface area contributed by atoms with Gasteiger partial charge >= 0.3 is 0 Å². The Morgan fingerprint density at radius 3 is 2.87 bits per heavy atom. The van der Waals surface area contributed by atoms with Crippen LogP contribution >= 0.6 is 0 Å². The van der Waals surface area contributed by atoms with Gasteiger partial charge in [0.15, 0.2) is 0 Å². The fourth-order valence-corrected chi connectivity index (χ4v) is 3.70. The van der Waals surface area contributed by atoms with Gasteiger partial charge in [-0.3, -0.25) is 4.79 Å². The molecule has 2 aliphatic heterocycles. The number of carbonyl (C=O) groups excluding carboxylic acids is 1. The number of rotatable bonds is 6. The zero-order valence-electron chi connectivity index (χ0n) is 14.3. The normalized spacial score (nSPS) is 22.6. The van der Waals surface area contributed by atoms with Crippen LogP contribution in [0.1, 0.15) is 36.3 Å². The summed E-state index contributed by atoms with van der Waals surface area (Å²) in [4.78, 5) is 14.2. The molecular weight excluding hydrogens is 296 g/mol. The minimum absolute atomic E-state index is 0.0862. The Morgan fingerprint density at radius 1 is 1.43 bits per heavy atom. The maximum absolute atomic E-state index is 12.3. The van der Waals surface area contributed by atoms with Crippen LogP contribution in [0.5, 0.6) is 0 Å². The summed E-state index contributed by atoms with van der Waals surface area (Å²) in [5, 5.41) is 3.93. The van der Waals surface area contributed by atoms with E-state index in [1.807, 2.05) is 18.7 Å². The Labute approximate surface area is 137 Å². The number of hydrogen-bond donors (Lipinski definition) is 0. The van der Waals surface area contributed by atoms with Gasteiger partial charge in [-0.1, -0.05) is 5.16 Å². The van der Waals surface area contributed by atoms with Crippen LogP contribution in [0.4, 0.5) is 0 Å². The number of aromatic nitrogens is 1. The molecule has 1 atom stereocenters. The Balaban J connectivity index is 1.43. The second kappa shape index (κ2) is 6.61. The highest BCUT2D eigenvalue weighted by atomic mass is 16.5. The molecule has 2 saturated heterocycles.